The minimum atomic E-state index is 0.445. The Morgan fingerprint density at radius 2 is 2.13 bits per heavy atom. The minimum Gasteiger partial charge on any atom is -0.144 e. The molecule has 0 unspecified atom stereocenters. The van der Waals surface area contributed by atoms with Gasteiger partial charge in [0.2, 0.25) is 0 Å². The van der Waals surface area contributed by atoms with Gasteiger partial charge < -0.3 is 0 Å². The van der Waals surface area contributed by atoms with Gasteiger partial charge in [-0.05, 0) is 41.4 Å². The molecule has 0 heterocycles. The van der Waals surface area contributed by atoms with Crippen molar-refractivity contribution in [2.45, 2.75) is 31.6 Å². The molecule has 0 radical (unpaired) electrons. The summed E-state index contributed by atoms with van der Waals surface area (Å²) in [7, 11) is 0. The first-order valence-corrected chi connectivity index (χ1v) is 6.06. The van der Waals surface area contributed by atoms with E-state index in [1.807, 2.05) is 30.0 Å². The summed E-state index contributed by atoms with van der Waals surface area (Å²) >= 11 is 1.82. The molecule has 2 heteroatoms. The van der Waals surface area contributed by atoms with Gasteiger partial charge in [-0.25, -0.2) is 0 Å². The lowest BCUT2D eigenvalue weighted by atomic mass is 10.0. The van der Waals surface area contributed by atoms with E-state index in [1.165, 1.54) is 16.6 Å². The highest BCUT2D eigenvalue weighted by atomic mass is 32.2. The van der Waals surface area contributed by atoms with E-state index in [4.69, 9.17) is 0 Å². The lowest BCUT2D eigenvalue weighted by molar-refractivity contribution is 0.773. The Kier molecular flexibility index (Phi) is 4.71. The van der Waals surface area contributed by atoms with Crippen LogP contribution in [0.5, 0.6) is 0 Å². The van der Waals surface area contributed by atoms with Crippen LogP contribution in [-0.4, -0.2) is 5.75 Å². The van der Waals surface area contributed by atoms with Gasteiger partial charge in [-0.3, -0.25) is 0 Å². The largest absolute Gasteiger partial charge is 0.144 e. The second-order valence-electron chi connectivity index (χ2n) is 3.56. The summed E-state index contributed by atoms with van der Waals surface area (Å²) in [5, 5.41) is 0. The Balaban J connectivity index is 3.12. The Morgan fingerprint density at radius 1 is 1.40 bits per heavy atom. The van der Waals surface area contributed by atoms with Crippen LogP contribution in [0.2, 0.25) is 0 Å². The average Bonchev–Trinajstić information content (AvgIpc) is 2.21. The predicted molar refractivity (Wildman–Crippen MR) is 64.9 cm³/mol. The van der Waals surface area contributed by atoms with Gasteiger partial charge in [0.25, 0.3) is 0 Å². The number of hydrogen-bond donors (Lipinski definition) is 0. The quantitative estimate of drug-likeness (QED) is 0.545. The molecule has 0 nitrogen and oxygen atoms in total. The maximum atomic E-state index is 11.9. The van der Waals surface area contributed by atoms with E-state index in [0.29, 0.717) is 5.92 Å². The highest BCUT2D eigenvalue weighted by Crippen LogP contribution is 2.29. The molecule has 0 bridgehead atoms. The SMILES string of the molecule is CCSc1ccc(C#CF)cc1C(C)C. The van der Waals surface area contributed by atoms with Gasteiger partial charge in [0.1, 0.15) is 6.17 Å². The zero-order valence-corrected chi connectivity index (χ0v) is 10.1. The molecular weight excluding hydrogens is 207 g/mol. The third-order valence-corrected chi connectivity index (χ3v) is 3.09. The number of halogens is 1. The smallest absolute Gasteiger partial charge is 0.111 e. The topological polar surface area (TPSA) is 0 Å². The number of thioether (sulfide) groups is 1. The highest BCUT2D eigenvalue weighted by molar-refractivity contribution is 7.99. The molecule has 0 spiro atoms. The van der Waals surface area contributed by atoms with Crippen molar-refractivity contribution in [2.24, 2.45) is 0 Å². The van der Waals surface area contributed by atoms with Crippen molar-refractivity contribution in [1.82, 2.24) is 0 Å². The Labute approximate surface area is 95.3 Å². The summed E-state index contributed by atoms with van der Waals surface area (Å²) in [5.41, 5.74) is 2.00. The molecule has 0 fully saturated rings. The summed E-state index contributed by atoms with van der Waals surface area (Å²) in [6.07, 6.45) is 1.44. The summed E-state index contributed by atoms with van der Waals surface area (Å²) < 4.78 is 11.9. The highest BCUT2D eigenvalue weighted by Gasteiger charge is 2.07. The molecule has 15 heavy (non-hydrogen) atoms. The molecule has 1 rings (SSSR count). The van der Waals surface area contributed by atoms with Crippen molar-refractivity contribution in [3.05, 3.63) is 29.3 Å². The normalized spacial score (nSPS) is 9.93. The Bertz CT molecular complexity index is 385. The average molecular weight is 222 g/mol. The fraction of sp³-hybridized carbons (Fsp3) is 0.385. The molecule has 0 saturated carbocycles. The predicted octanol–water partition coefficient (Wildman–Crippen LogP) is 4.20. The molecule has 0 N–H and O–H groups in total. The van der Waals surface area contributed by atoms with Crippen molar-refractivity contribution in [3.8, 4) is 12.1 Å². The second-order valence-corrected chi connectivity index (χ2v) is 4.87. The van der Waals surface area contributed by atoms with E-state index >= 15 is 0 Å². The molecule has 1 aromatic carbocycles. The van der Waals surface area contributed by atoms with Crippen molar-refractivity contribution >= 4 is 11.8 Å². The zero-order valence-electron chi connectivity index (χ0n) is 9.30. The molecule has 1 aromatic rings. The lowest BCUT2D eigenvalue weighted by Gasteiger charge is -2.11. The van der Waals surface area contributed by atoms with Gasteiger partial charge in [-0.2, -0.15) is 0 Å². The number of benzene rings is 1. The van der Waals surface area contributed by atoms with Crippen molar-refractivity contribution in [3.63, 3.8) is 0 Å². The molecule has 0 atom stereocenters. The first kappa shape index (κ1) is 12.1. The van der Waals surface area contributed by atoms with Gasteiger partial charge in [-0.15, -0.1) is 16.2 Å². The van der Waals surface area contributed by atoms with E-state index in [9.17, 15) is 4.39 Å². The molecular formula is C13H15FS. The van der Waals surface area contributed by atoms with E-state index in [2.05, 4.69) is 26.7 Å². The zero-order chi connectivity index (χ0) is 11.3. The van der Waals surface area contributed by atoms with E-state index < -0.39 is 0 Å². The standard InChI is InChI=1S/C13H15FS/c1-4-15-13-6-5-11(7-8-14)9-12(13)10(2)3/h5-6,9-10H,4H2,1-3H3. The van der Waals surface area contributed by atoms with E-state index in [1.54, 1.807) is 0 Å². The second kappa shape index (κ2) is 5.82. The number of rotatable bonds is 3. The minimum absolute atomic E-state index is 0.445. The summed E-state index contributed by atoms with van der Waals surface area (Å²) in [5.74, 6) is 3.94. The van der Waals surface area contributed by atoms with Crippen LogP contribution in [0.3, 0.4) is 0 Å². The van der Waals surface area contributed by atoms with Crippen LogP contribution in [0.4, 0.5) is 4.39 Å². The first-order chi connectivity index (χ1) is 7.19. The summed E-state index contributed by atoms with van der Waals surface area (Å²) in [6, 6.07) is 5.88. The van der Waals surface area contributed by atoms with Crippen LogP contribution in [0.25, 0.3) is 0 Å². The number of hydrogen-bond acceptors (Lipinski definition) is 1. The molecule has 0 aliphatic heterocycles. The van der Waals surface area contributed by atoms with Gasteiger partial charge in [0.15, 0.2) is 0 Å². The van der Waals surface area contributed by atoms with Crippen LogP contribution in [0.15, 0.2) is 23.1 Å². The van der Waals surface area contributed by atoms with Crippen LogP contribution in [0.1, 0.15) is 37.8 Å². The van der Waals surface area contributed by atoms with Gasteiger partial charge in [0, 0.05) is 10.5 Å². The Morgan fingerprint density at radius 3 is 2.67 bits per heavy atom. The third kappa shape index (κ3) is 3.28. The molecule has 0 aliphatic carbocycles. The molecule has 0 saturated heterocycles. The molecule has 0 aromatic heterocycles. The van der Waals surface area contributed by atoms with Crippen LogP contribution >= 0.6 is 11.8 Å². The van der Waals surface area contributed by atoms with Crippen LogP contribution < -0.4 is 0 Å². The maximum absolute atomic E-state index is 11.9. The van der Waals surface area contributed by atoms with Crippen molar-refractivity contribution in [2.75, 3.05) is 5.75 Å². The third-order valence-electron chi connectivity index (χ3n) is 2.12. The van der Waals surface area contributed by atoms with Gasteiger partial charge >= 0.3 is 0 Å². The van der Waals surface area contributed by atoms with E-state index in [-0.39, 0.29) is 0 Å². The molecule has 0 amide bonds. The van der Waals surface area contributed by atoms with Crippen LogP contribution in [-0.2, 0) is 0 Å². The van der Waals surface area contributed by atoms with Gasteiger partial charge in [0.05, 0.1) is 0 Å². The summed E-state index contributed by atoms with van der Waals surface area (Å²) in [6.45, 7) is 6.41. The fourth-order valence-electron chi connectivity index (χ4n) is 1.42. The van der Waals surface area contributed by atoms with E-state index in [0.717, 1.165) is 11.3 Å². The van der Waals surface area contributed by atoms with Gasteiger partial charge in [-0.1, -0.05) is 20.8 Å². The molecule has 0 aliphatic rings. The first-order valence-electron chi connectivity index (χ1n) is 5.07. The fourth-order valence-corrected chi connectivity index (χ4v) is 2.36. The van der Waals surface area contributed by atoms with Crippen LogP contribution in [0, 0.1) is 12.1 Å². The Hall–Kier alpha value is -0.940. The molecule has 80 valence electrons. The van der Waals surface area contributed by atoms with Crippen molar-refractivity contribution < 1.29 is 4.39 Å². The summed E-state index contributed by atoms with van der Waals surface area (Å²) in [4.78, 5) is 1.27. The maximum Gasteiger partial charge on any atom is 0.111 e. The monoisotopic (exact) mass is 222 g/mol. The lowest BCUT2D eigenvalue weighted by Crippen LogP contribution is -1.92. The van der Waals surface area contributed by atoms with Crippen molar-refractivity contribution in [1.29, 1.82) is 0 Å².